The first-order valence-electron chi connectivity index (χ1n) is 8.10. The number of thioether (sulfide) groups is 1. The molecule has 2 amide bonds. The van der Waals surface area contributed by atoms with Crippen molar-refractivity contribution < 1.29 is 9.59 Å². The quantitative estimate of drug-likeness (QED) is 0.844. The normalized spacial score (nSPS) is 26.4. The molecule has 0 unspecified atom stereocenters. The molecule has 1 N–H and O–H groups in total. The Kier molecular flexibility index (Phi) is 5.56. The van der Waals surface area contributed by atoms with Gasteiger partial charge in [0.2, 0.25) is 11.8 Å². The molecule has 0 bridgehead atoms. The second kappa shape index (κ2) is 7.27. The van der Waals surface area contributed by atoms with Crippen molar-refractivity contribution in [1.29, 1.82) is 10.5 Å². The van der Waals surface area contributed by atoms with E-state index in [-0.39, 0.29) is 17.7 Å². The van der Waals surface area contributed by atoms with E-state index in [1.807, 2.05) is 17.9 Å². The summed E-state index contributed by atoms with van der Waals surface area (Å²) in [7, 11) is 0. The molecule has 7 heteroatoms. The monoisotopic (exact) mass is 346 g/mol. The number of carbonyl (C=O) groups excluding carboxylic acids is 2. The van der Waals surface area contributed by atoms with E-state index < -0.39 is 17.2 Å². The van der Waals surface area contributed by atoms with E-state index in [9.17, 15) is 20.1 Å². The van der Waals surface area contributed by atoms with E-state index in [0.29, 0.717) is 10.6 Å². The Morgan fingerprint density at radius 1 is 1.42 bits per heavy atom. The van der Waals surface area contributed by atoms with E-state index in [2.05, 4.69) is 11.4 Å². The highest BCUT2D eigenvalue weighted by Gasteiger charge is 2.44. The van der Waals surface area contributed by atoms with Crippen LogP contribution in [0.4, 0.5) is 0 Å². The first kappa shape index (κ1) is 18.4. The van der Waals surface area contributed by atoms with Crippen molar-refractivity contribution in [3.63, 3.8) is 0 Å². The summed E-state index contributed by atoms with van der Waals surface area (Å²) in [6.45, 7) is 6.24. The SMILES string of the molecule is C[C@@H]1CCCCN1C(=O)CSC1=C(C#N)C(C)(C)[C@H](C#N)C(=O)N1. The summed E-state index contributed by atoms with van der Waals surface area (Å²) in [5.41, 5.74) is -0.506. The molecule has 2 aliphatic rings. The number of hydrogen-bond donors (Lipinski definition) is 1. The van der Waals surface area contributed by atoms with Gasteiger partial charge in [0.1, 0.15) is 5.92 Å². The van der Waals surface area contributed by atoms with Gasteiger partial charge in [-0.3, -0.25) is 9.59 Å². The van der Waals surface area contributed by atoms with Gasteiger partial charge in [-0.1, -0.05) is 25.6 Å². The van der Waals surface area contributed by atoms with Crippen LogP contribution in [0.25, 0.3) is 0 Å². The first-order valence-corrected chi connectivity index (χ1v) is 9.09. The van der Waals surface area contributed by atoms with Gasteiger partial charge in [0.15, 0.2) is 0 Å². The maximum Gasteiger partial charge on any atom is 0.243 e. The van der Waals surface area contributed by atoms with Crippen LogP contribution < -0.4 is 5.32 Å². The van der Waals surface area contributed by atoms with Gasteiger partial charge in [-0.05, 0) is 26.2 Å². The molecule has 0 aromatic carbocycles. The van der Waals surface area contributed by atoms with E-state index in [1.54, 1.807) is 13.8 Å². The molecule has 0 aromatic rings. The fourth-order valence-corrected chi connectivity index (χ4v) is 4.28. The highest BCUT2D eigenvalue weighted by molar-refractivity contribution is 8.03. The zero-order chi connectivity index (χ0) is 17.9. The molecule has 128 valence electrons. The van der Waals surface area contributed by atoms with Crippen molar-refractivity contribution in [3.05, 3.63) is 10.6 Å². The average molecular weight is 346 g/mol. The van der Waals surface area contributed by atoms with Gasteiger partial charge in [-0.2, -0.15) is 10.5 Å². The third-order valence-electron chi connectivity index (χ3n) is 4.80. The fourth-order valence-electron chi connectivity index (χ4n) is 3.22. The molecule has 2 rings (SSSR count). The lowest BCUT2D eigenvalue weighted by Crippen LogP contribution is -2.45. The standard InChI is InChI=1S/C17H22N4O2S/c1-11-6-4-5-7-21(11)14(22)10-24-16-13(9-19)17(2,3)12(8-18)15(23)20-16/h11-12H,4-7,10H2,1-3H3,(H,20,23)/t11-,12-/m1/s1. The van der Waals surface area contributed by atoms with Crippen LogP contribution in [0.3, 0.4) is 0 Å². The third-order valence-corrected chi connectivity index (χ3v) is 5.78. The van der Waals surface area contributed by atoms with Crippen LogP contribution >= 0.6 is 11.8 Å². The summed E-state index contributed by atoms with van der Waals surface area (Å²) in [6, 6.07) is 4.31. The number of carbonyl (C=O) groups is 2. The topological polar surface area (TPSA) is 97.0 Å². The number of nitrogens with zero attached hydrogens (tertiary/aromatic N) is 3. The first-order chi connectivity index (χ1) is 11.3. The zero-order valence-electron chi connectivity index (χ0n) is 14.3. The minimum Gasteiger partial charge on any atom is -0.339 e. The second-order valence-electron chi connectivity index (χ2n) is 6.81. The van der Waals surface area contributed by atoms with Gasteiger partial charge < -0.3 is 10.2 Å². The van der Waals surface area contributed by atoms with Crippen molar-refractivity contribution in [3.8, 4) is 12.1 Å². The van der Waals surface area contributed by atoms with Crippen LogP contribution in [0.15, 0.2) is 10.6 Å². The maximum absolute atomic E-state index is 12.4. The smallest absolute Gasteiger partial charge is 0.243 e. The van der Waals surface area contributed by atoms with Crippen LogP contribution in [0, 0.1) is 34.0 Å². The molecular formula is C17H22N4O2S. The molecule has 0 spiro atoms. The van der Waals surface area contributed by atoms with Crippen molar-refractivity contribution in [2.45, 2.75) is 46.1 Å². The van der Waals surface area contributed by atoms with Crippen molar-refractivity contribution in [1.82, 2.24) is 10.2 Å². The Morgan fingerprint density at radius 2 is 2.12 bits per heavy atom. The summed E-state index contributed by atoms with van der Waals surface area (Å²) in [5.74, 6) is -1.12. The lowest BCUT2D eigenvalue weighted by molar-refractivity contribution is -0.131. The molecule has 2 heterocycles. The number of likely N-dealkylation sites (tertiary alicyclic amines) is 1. The Hall–Kier alpha value is -1.99. The minimum absolute atomic E-state index is 0.0199. The van der Waals surface area contributed by atoms with E-state index in [1.165, 1.54) is 11.8 Å². The van der Waals surface area contributed by atoms with Gasteiger partial charge in [0, 0.05) is 18.0 Å². The van der Waals surface area contributed by atoms with Crippen LogP contribution in [0.2, 0.25) is 0 Å². The number of amides is 2. The van der Waals surface area contributed by atoms with E-state index in [4.69, 9.17) is 0 Å². The van der Waals surface area contributed by atoms with E-state index >= 15 is 0 Å². The Labute approximate surface area is 146 Å². The van der Waals surface area contributed by atoms with Crippen LogP contribution in [-0.2, 0) is 9.59 Å². The lowest BCUT2D eigenvalue weighted by Gasteiger charge is -2.35. The molecule has 0 radical (unpaired) electrons. The highest BCUT2D eigenvalue weighted by atomic mass is 32.2. The number of rotatable bonds is 3. The largest absolute Gasteiger partial charge is 0.339 e. The molecule has 0 aromatic heterocycles. The van der Waals surface area contributed by atoms with Gasteiger partial charge in [-0.25, -0.2) is 0 Å². The van der Waals surface area contributed by atoms with Gasteiger partial charge >= 0.3 is 0 Å². The number of piperidine rings is 1. The van der Waals surface area contributed by atoms with E-state index in [0.717, 1.165) is 25.8 Å². The van der Waals surface area contributed by atoms with Crippen LogP contribution in [0.5, 0.6) is 0 Å². The van der Waals surface area contributed by atoms with Crippen LogP contribution in [-0.4, -0.2) is 35.1 Å². The summed E-state index contributed by atoms with van der Waals surface area (Å²) >= 11 is 1.18. The Morgan fingerprint density at radius 3 is 2.71 bits per heavy atom. The van der Waals surface area contributed by atoms with Gasteiger partial charge in [0.05, 0.1) is 28.5 Å². The summed E-state index contributed by atoms with van der Waals surface area (Å²) in [5, 5.41) is 21.7. The molecule has 2 aliphatic heterocycles. The lowest BCUT2D eigenvalue weighted by atomic mass is 9.72. The second-order valence-corrected chi connectivity index (χ2v) is 7.80. The molecule has 1 saturated heterocycles. The van der Waals surface area contributed by atoms with Gasteiger partial charge in [0.25, 0.3) is 0 Å². The molecule has 1 fully saturated rings. The third kappa shape index (κ3) is 3.42. The summed E-state index contributed by atoms with van der Waals surface area (Å²) in [4.78, 5) is 26.4. The van der Waals surface area contributed by atoms with Crippen molar-refractivity contribution in [2.75, 3.05) is 12.3 Å². The molecule has 0 saturated carbocycles. The number of allylic oxidation sites excluding steroid dienone is 1. The molecule has 2 atom stereocenters. The van der Waals surface area contributed by atoms with Crippen molar-refractivity contribution in [2.24, 2.45) is 11.3 Å². The number of nitriles is 2. The number of nitrogens with one attached hydrogen (secondary N) is 1. The van der Waals surface area contributed by atoms with Gasteiger partial charge in [-0.15, -0.1) is 0 Å². The number of hydrogen-bond acceptors (Lipinski definition) is 5. The molecule has 6 nitrogen and oxygen atoms in total. The molecular weight excluding hydrogens is 324 g/mol. The summed E-state index contributed by atoms with van der Waals surface area (Å²) < 4.78 is 0. The average Bonchev–Trinajstić information content (AvgIpc) is 2.52. The van der Waals surface area contributed by atoms with Crippen molar-refractivity contribution >= 4 is 23.6 Å². The Balaban J connectivity index is 2.14. The Bertz CT molecular complexity index is 656. The fraction of sp³-hybridized carbons (Fsp3) is 0.647. The van der Waals surface area contributed by atoms with Crippen LogP contribution in [0.1, 0.15) is 40.0 Å². The zero-order valence-corrected chi connectivity index (χ0v) is 15.1. The minimum atomic E-state index is -0.908. The maximum atomic E-state index is 12.4. The predicted molar refractivity (Wildman–Crippen MR) is 91.1 cm³/mol. The highest BCUT2D eigenvalue weighted by Crippen LogP contribution is 2.41. The molecule has 24 heavy (non-hydrogen) atoms. The summed E-state index contributed by atoms with van der Waals surface area (Å²) in [6.07, 6.45) is 3.16. The predicted octanol–water partition coefficient (Wildman–Crippen LogP) is 2.15. The molecule has 0 aliphatic carbocycles.